The lowest BCUT2D eigenvalue weighted by Gasteiger charge is -2.29. The molecule has 1 N–H and O–H groups in total. The van der Waals surface area contributed by atoms with E-state index in [1.807, 2.05) is 12.1 Å². The number of aromatic carboxylic acids is 1. The fraction of sp³-hybridized carbons (Fsp3) is 0.176. The molecule has 23 heavy (non-hydrogen) atoms. The van der Waals surface area contributed by atoms with Crippen molar-refractivity contribution in [2.75, 3.05) is 11.4 Å². The van der Waals surface area contributed by atoms with Crippen LogP contribution in [0.3, 0.4) is 0 Å². The summed E-state index contributed by atoms with van der Waals surface area (Å²) in [6.07, 6.45) is 0.967. The van der Waals surface area contributed by atoms with Crippen molar-refractivity contribution in [3.05, 3.63) is 63.5 Å². The molecular weight excluding hydrogens is 314 g/mol. The monoisotopic (exact) mass is 327 g/mol. The highest BCUT2D eigenvalue weighted by Crippen LogP contribution is 2.34. The molecule has 0 aliphatic carbocycles. The summed E-state index contributed by atoms with van der Waals surface area (Å²) in [5.74, 6) is -1.26. The summed E-state index contributed by atoms with van der Waals surface area (Å²) in [5.41, 5.74) is 1.97. The van der Waals surface area contributed by atoms with Crippen LogP contribution >= 0.6 is 11.3 Å². The Morgan fingerprint density at radius 1 is 1.22 bits per heavy atom. The van der Waals surface area contributed by atoms with Crippen molar-refractivity contribution in [3.63, 3.8) is 0 Å². The van der Waals surface area contributed by atoms with Crippen LogP contribution in [0.25, 0.3) is 10.3 Å². The lowest BCUT2D eigenvalue weighted by molar-refractivity contribution is 0.0692. The normalized spacial score (nSPS) is 14.0. The van der Waals surface area contributed by atoms with E-state index in [2.05, 4.69) is 23.1 Å². The van der Waals surface area contributed by atoms with Crippen molar-refractivity contribution in [3.8, 4) is 0 Å². The second-order valence-electron chi connectivity index (χ2n) is 5.51. The number of carboxylic acid groups (broad SMARTS) is 1. The minimum absolute atomic E-state index is 0.324. The van der Waals surface area contributed by atoms with Crippen LogP contribution in [0.4, 0.5) is 5.00 Å². The van der Waals surface area contributed by atoms with Crippen LogP contribution in [0.1, 0.15) is 21.5 Å². The predicted molar refractivity (Wildman–Crippen MR) is 88.5 cm³/mol. The number of thiophene rings is 1. The zero-order chi connectivity index (χ0) is 16.0. The van der Waals surface area contributed by atoms with Gasteiger partial charge in [0.1, 0.15) is 5.56 Å². The maximum atomic E-state index is 11.7. The van der Waals surface area contributed by atoms with Gasteiger partial charge >= 0.3 is 11.6 Å². The smallest absolute Gasteiger partial charge is 0.351 e. The highest BCUT2D eigenvalue weighted by molar-refractivity contribution is 7.22. The third-order valence-corrected chi connectivity index (χ3v) is 5.21. The van der Waals surface area contributed by atoms with Gasteiger partial charge in [-0.05, 0) is 23.6 Å². The van der Waals surface area contributed by atoms with E-state index >= 15 is 0 Å². The number of rotatable bonds is 2. The molecule has 0 saturated carbocycles. The molecule has 0 saturated heterocycles. The average molecular weight is 327 g/mol. The van der Waals surface area contributed by atoms with Gasteiger partial charge in [-0.3, -0.25) is 0 Å². The zero-order valence-corrected chi connectivity index (χ0v) is 12.9. The second-order valence-corrected chi connectivity index (χ2v) is 6.57. The Balaban J connectivity index is 1.73. The van der Waals surface area contributed by atoms with E-state index in [9.17, 15) is 9.59 Å². The maximum Gasteiger partial charge on any atom is 0.351 e. The van der Waals surface area contributed by atoms with Gasteiger partial charge in [0, 0.05) is 19.2 Å². The maximum absolute atomic E-state index is 11.7. The molecule has 4 rings (SSSR count). The predicted octanol–water partition coefficient (Wildman–Crippen LogP) is 3.12. The van der Waals surface area contributed by atoms with Crippen LogP contribution < -0.4 is 10.5 Å². The standard InChI is InChI=1S/C17H13NO4S/c19-16(20)12-7-14-13(22-17(12)21)8-15(23-14)18-6-5-10-3-1-2-4-11(10)9-18/h1-4,7-8H,5-6,9H2,(H,19,20). The van der Waals surface area contributed by atoms with Gasteiger partial charge in [0.05, 0.1) is 9.70 Å². The molecule has 6 heteroatoms. The molecule has 0 spiro atoms. The number of carbonyl (C=O) groups is 1. The molecule has 1 aliphatic heterocycles. The van der Waals surface area contributed by atoms with Gasteiger partial charge in [0.25, 0.3) is 0 Å². The Labute approximate surface area is 135 Å². The van der Waals surface area contributed by atoms with Gasteiger partial charge in [0.2, 0.25) is 0 Å². The Kier molecular flexibility index (Phi) is 3.20. The van der Waals surface area contributed by atoms with Crippen molar-refractivity contribution >= 4 is 32.6 Å². The van der Waals surface area contributed by atoms with E-state index in [4.69, 9.17) is 9.52 Å². The molecule has 2 aromatic heterocycles. The molecule has 0 amide bonds. The lowest BCUT2D eigenvalue weighted by atomic mass is 10.0. The van der Waals surface area contributed by atoms with Crippen LogP contribution in [0.2, 0.25) is 0 Å². The van der Waals surface area contributed by atoms with Gasteiger partial charge in [-0.25, -0.2) is 9.59 Å². The molecule has 0 radical (unpaired) electrons. The van der Waals surface area contributed by atoms with Crippen LogP contribution in [0.15, 0.2) is 45.6 Å². The number of benzene rings is 1. The molecule has 1 aliphatic rings. The minimum atomic E-state index is -1.26. The molecular formula is C17H13NO4S. The first kappa shape index (κ1) is 14.0. The number of fused-ring (bicyclic) bond motifs is 2. The van der Waals surface area contributed by atoms with Crippen LogP contribution in [-0.4, -0.2) is 17.6 Å². The van der Waals surface area contributed by atoms with Crippen molar-refractivity contribution in [1.29, 1.82) is 0 Å². The van der Waals surface area contributed by atoms with E-state index in [-0.39, 0.29) is 5.56 Å². The molecule has 116 valence electrons. The van der Waals surface area contributed by atoms with Crippen molar-refractivity contribution < 1.29 is 14.3 Å². The topological polar surface area (TPSA) is 70.8 Å². The third-order valence-electron chi connectivity index (χ3n) is 4.08. The molecule has 0 unspecified atom stereocenters. The minimum Gasteiger partial charge on any atom is -0.477 e. The van der Waals surface area contributed by atoms with Gasteiger partial charge < -0.3 is 14.4 Å². The van der Waals surface area contributed by atoms with Gasteiger partial charge in [-0.1, -0.05) is 24.3 Å². The largest absolute Gasteiger partial charge is 0.477 e. The summed E-state index contributed by atoms with van der Waals surface area (Å²) in [6, 6.07) is 11.6. The summed E-state index contributed by atoms with van der Waals surface area (Å²) in [5, 5.41) is 10.0. The Morgan fingerprint density at radius 2 is 2.00 bits per heavy atom. The first-order valence-corrected chi connectivity index (χ1v) is 8.06. The van der Waals surface area contributed by atoms with Crippen LogP contribution in [0, 0.1) is 0 Å². The summed E-state index contributed by atoms with van der Waals surface area (Å²) < 4.78 is 5.82. The first-order chi connectivity index (χ1) is 11.1. The van der Waals surface area contributed by atoms with Crippen molar-refractivity contribution in [2.45, 2.75) is 13.0 Å². The SMILES string of the molecule is O=C(O)c1cc2sc(N3CCc4ccccc4C3)cc2oc1=O. The lowest BCUT2D eigenvalue weighted by Crippen LogP contribution is -2.29. The summed E-state index contributed by atoms with van der Waals surface area (Å²) in [4.78, 5) is 24.9. The molecule has 3 aromatic rings. The van der Waals surface area contributed by atoms with Gasteiger partial charge in [-0.15, -0.1) is 11.3 Å². The van der Waals surface area contributed by atoms with E-state index in [0.717, 1.165) is 24.5 Å². The van der Waals surface area contributed by atoms with E-state index in [0.29, 0.717) is 10.3 Å². The molecule has 1 aromatic carbocycles. The number of anilines is 1. The molecule has 0 bridgehead atoms. The summed E-state index contributed by atoms with van der Waals surface area (Å²) in [6.45, 7) is 1.69. The van der Waals surface area contributed by atoms with Crippen LogP contribution in [0.5, 0.6) is 0 Å². The number of carboxylic acids is 1. The summed E-state index contributed by atoms with van der Waals surface area (Å²) >= 11 is 1.45. The quantitative estimate of drug-likeness (QED) is 0.783. The third kappa shape index (κ3) is 2.41. The fourth-order valence-electron chi connectivity index (χ4n) is 2.89. The van der Waals surface area contributed by atoms with Gasteiger partial charge in [0.15, 0.2) is 5.58 Å². The second kappa shape index (κ2) is 5.24. The first-order valence-electron chi connectivity index (χ1n) is 7.24. The van der Waals surface area contributed by atoms with Crippen molar-refractivity contribution in [2.24, 2.45) is 0 Å². The molecule has 3 heterocycles. The Morgan fingerprint density at radius 3 is 2.78 bits per heavy atom. The van der Waals surface area contributed by atoms with Crippen LogP contribution in [-0.2, 0) is 13.0 Å². The highest BCUT2D eigenvalue weighted by Gasteiger charge is 2.20. The van der Waals surface area contributed by atoms with E-state index < -0.39 is 11.6 Å². The Hall–Kier alpha value is -2.60. The number of hydrogen-bond acceptors (Lipinski definition) is 5. The molecule has 5 nitrogen and oxygen atoms in total. The van der Waals surface area contributed by atoms with Crippen molar-refractivity contribution in [1.82, 2.24) is 0 Å². The number of hydrogen-bond donors (Lipinski definition) is 1. The average Bonchev–Trinajstić information content (AvgIpc) is 2.96. The van der Waals surface area contributed by atoms with E-state index in [1.165, 1.54) is 28.5 Å². The zero-order valence-electron chi connectivity index (χ0n) is 12.1. The molecule has 0 atom stereocenters. The Bertz CT molecular complexity index is 972. The number of nitrogens with zero attached hydrogens (tertiary/aromatic N) is 1. The fourth-order valence-corrected chi connectivity index (χ4v) is 3.94. The highest BCUT2D eigenvalue weighted by atomic mass is 32.1. The summed E-state index contributed by atoms with van der Waals surface area (Å²) in [7, 11) is 0. The molecule has 0 fully saturated rings. The van der Waals surface area contributed by atoms with E-state index in [1.54, 1.807) is 0 Å². The van der Waals surface area contributed by atoms with Gasteiger partial charge in [-0.2, -0.15) is 0 Å².